The molecule has 0 bridgehead atoms. The predicted octanol–water partition coefficient (Wildman–Crippen LogP) is 1.18. The average molecular weight is 205 g/mol. The lowest BCUT2D eigenvalue weighted by Gasteiger charge is -2.32. The summed E-state index contributed by atoms with van der Waals surface area (Å²) in [5.74, 6) is 0. The fraction of sp³-hybridized carbons (Fsp3) is 0.583. The van der Waals surface area contributed by atoms with Gasteiger partial charge in [-0.15, -0.1) is 0 Å². The van der Waals surface area contributed by atoms with Crippen LogP contribution in [-0.4, -0.2) is 35.6 Å². The van der Waals surface area contributed by atoms with Crippen LogP contribution in [0.25, 0.3) is 0 Å². The fourth-order valence-electron chi connectivity index (χ4n) is 2.08. The summed E-state index contributed by atoms with van der Waals surface area (Å²) in [6.45, 7) is 8.72. The van der Waals surface area contributed by atoms with Gasteiger partial charge in [0.05, 0.1) is 0 Å². The fourth-order valence-corrected chi connectivity index (χ4v) is 2.08. The smallest absolute Gasteiger partial charge is 0.0417 e. The lowest BCUT2D eigenvalue weighted by Crippen LogP contribution is -2.48. The highest BCUT2D eigenvalue weighted by Crippen LogP contribution is 2.09. The zero-order valence-electron chi connectivity index (χ0n) is 9.53. The molecule has 1 aliphatic rings. The first kappa shape index (κ1) is 10.6. The first-order chi connectivity index (χ1) is 7.25. The molecule has 15 heavy (non-hydrogen) atoms. The van der Waals surface area contributed by atoms with E-state index in [0.717, 1.165) is 31.9 Å². The maximum atomic E-state index is 4.32. The molecule has 1 aromatic heterocycles. The van der Waals surface area contributed by atoms with Crippen molar-refractivity contribution in [1.82, 2.24) is 15.2 Å². The van der Waals surface area contributed by atoms with Crippen molar-refractivity contribution < 1.29 is 0 Å². The molecular formula is C12H19N3. The molecule has 2 rings (SSSR count). The van der Waals surface area contributed by atoms with E-state index in [4.69, 9.17) is 0 Å². The van der Waals surface area contributed by atoms with Crippen molar-refractivity contribution in [3.05, 3.63) is 29.6 Å². The summed E-state index contributed by atoms with van der Waals surface area (Å²) in [6.07, 6.45) is 1.86. The van der Waals surface area contributed by atoms with Gasteiger partial charge < -0.3 is 5.32 Å². The van der Waals surface area contributed by atoms with Crippen LogP contribution in [0.2, 0.25) is 0 Å². The number of aromatic nitrogens is 1. The van der Waals surface area contributed by atoms with E-state index >= 15 is 0 Å². The minimum Gasteiger partial charge on any atom is -0.312 e. The molecule has 1 N–H and O–H groups in total. The van der Waals surface area contributed by atoms with E-state index in [9.17, 15) is 0 Å². The van der Waals surface area contributed by atoms with Gasteiger partial charge in [-0.05, 0) is 25.5 Å². The van der Waals surface area contributed by atoms with Crippen molar-refractivity contribution in [2.45, 2.75) is 26.4 Å². The molecule has 1 saturated heterocycles. The molecule has 1 aromatic rings. The molecule has 0 spiro atoms. The Bertz CT molecular complexity index is 324. The Kier molecular flexibility index (Phi) is 3.34. The third kappa shape index (κ3) is 2.76. The maximum absolute atomic E-state index is 4.32. The highest BCUT2D eigenvalue weighted by molar-refractivity contribution is 5.18. The van der Waals surface area contributed by atoms with Gasteiger partial charge in [-0.1, -0.05) is 6.07 Å². The standard InChI is InChI=1S/C12H19N3/c1-10-8-15(7-6-13-10)9-12-4-3-5-14-11(12)2/h3-5,10,13H,6-9H2,1-2H3. The molecule has 1 atom stereocenters. The summed E-state index contributed by atoms with van der Waals surface area (Å²) in [7, 11) is 0. The normalized spacial score (nSPS) is 22.9. The number of hydrogen-bond acceptors (Lipinski definition) is 3. The van der Waals surface area contributed by atoms with E-state index in [1.807, 2.05) is 12.3 Å². The molecule has 82 valence electrons. The lowest BCUT2D eigenvalue weighted by molar-refractivity contribution is 0.199. The second kappa shape index (κ2) is 4.73. The number of nitrogens with one attached hydrogen (secondary N) is 1. The summed E-state index contributed by atoms with van der Waals surface area (Å²) in [5.41, 5.74) is 2.51. The predicted molar refractivity (Wildman–Crippen MR) is 61.7 cm³/mol. The molecule has 2 heterocycles. The Morgan fingerprint density at radius 1 is 1.60 bits per heavy atom. The van der Waals surface area contributed by atoms with Gasteiger partial charge in [0.1, 0.15) is 0 Å². The summed E-state index contributed by atoms with van der Waals surface area (Å²) in [5, 5.41) is 3.46. The Balaban J connectivity index is 1.99. The van der Waals surface area contributed by atoms with Gasteiger partial charge in [0.15, 0.2) is 0 Å². The third-order valence-corrected chi connectivity index (χ3v) is 2.96. The van der Waals surface area contributed by atoms with E-state index in [-0.39, 0.29) is 0 Å². The monoisotopic (exact) mass is 205 g/mol. The van der Waals surface area contributed by atoms with Crippen LogP contribution in [0, 0.1) is 6.92 Å². The molecule has 0 radical (unpaired) electrons. The van der Waals surface area contributed by atoms with Crippen LogP contribution in [0.3, 0.4) is 0 Å². The van der Waals surface area contributed by atoms with Crippen LogP contribution >= 0.6 is 0 Å². The topological polar surface area (TPSA) is 28.2 Å². The number of nitrogens with zero attached hydrogens (tertiary/aromatic N) is 2. The van der Waals surface area contributed by atoms with Gasteiger partial charge in [0, 0.05) is 44.1 Å². The molecule has 0 aromatic carbocycles. The van der Waals surface area contributed by atoms with Crippen LogP contribution in [0.1, 0.15) is 18.2 Å². The lowest BCUT2D eigenvalue weighted by atomic mass is 10.1. The van der Waals surface area contributed by atoms with E-state index in [0.29, 0.717) is 6.04 Å². The number of pyridine rings is 1. The molecule has 3 heteroatoms. The van der Waals surface area contributed by atoms with E-state index in [1.54, 1.807) is 0 Å². The number of hydrogen-bond donors (Lipinski definition) is 1. The number of aryl methyl sites for hydroxylation is 1. The molecule has 3 nitrogen and oxygen atoms in total. The maximum Gasteiger partial charge on any atom is 0.0417 e. The van der Waals surface area contributed by atoms with Crippen LogP contribution in [0.15, 0.2) is 18.3 Å². The average Bonchev–Trinajstić information content (AvgIpc) is 2.22. The SMILES string of the molecule is Cc1ncccc1CN1CCNC(C)C1. The second-order valence-corrected chi connectivity index (χ2v) is 4.34. The first-order valence-electron chi connectivity index (χ1n) is 5.62. The highest BCUT2D eigenvalue weighted by Gasteiger charge is 2.15. The second-order valence-electron chi connectivity index (χ2n) is 4.34. The van der Waals surface area contributed by atoms with Crippen molar-refractivity contribution in [3.63, 3.8) is 0 Å². The van der Waals surface area contributed by atoms with Crippen molar-refractivity contribution in [2.24, 2.45) is 0 Å². The minimum atomic E-state index is 0.607. The van der Waals surface area contributed by atoms with Gasteiger partial charge in [-0.3, -0.25) is 9.88 Å². The van der Waals surface area contributed by atoms with E-state index in [1.165, 1.54) is 5.56 Å². The Morgan fingerprint density at radius 3 is 3.20 bits per heavy atom. The number of piperazine rings is 1. The summed E-state index contributed by atoms with van der Waals surface area (Å²) in [6, 6.07) is 4.80. The van der Waals surface area contributed by atoms with Crippen molar-refractivity contribution in [2.75, 3.05) is 19.6 Å². The Hall–Kier alpha value is -0.930. The van der Waals surface area contributed by atoms with Crippen LogP contribution in [-0.2, 0) is 6.54 Å². The Morgan fingerprint density at radius 2 is 2.47 bits per heavy atom. The van der Waals surface area contributed by atoms with Gasteiger partial charge in [-0.25, -0.2) is 0 Å². The molecule has 1 unspecified atom stereocenters. The van der Waals surface area contributed by atoms with Gasteiger partial charge in [0.25, 0.3) is 0 Å². The molecule has 1 fully saturated rings. The zero-order chi connectivity index (χ0) is 10.7. The van der Waals surface area contributed by atoms with E-state index in [2.05, 4.69) is 35.1 Å². The zero-order valence-corrected chi connectivity index (χ0v) is 9.53. The molecular weight excluding hydrogens is 186 g/mol. The van der Waals surface area contributed by atoms with E-state index < -0.39 is 0 Å². The van der Waals surface area contributed by atoms with Crippen LogP contribution in [0.5, 0.6) is 0 Å². The largest absolute Gasteiger partial charge is 0.312 e. The minimum absolute atomic E-state index is 0.607. The van der Waals surface area contributed by atoms with Crippen molar-refractivity contribution in [3.8, 4) is 0 Å². The Labute approximate surface area is 91.5 Å². The van der Waals surface area contributed by atoms with Crippen molar-refractivity contribution >= 4 is 0 Å². The number of rotatable bonds is 2. The quantitative estimate of drug-likeness (QED) is 0.786. The van der Waals surface area contributed by atoms with Crippen LogP contribution in [0.4, 0.5) is 0 Å². The molecule has 1 aliphatic heterocycles. The molecule has 0 saturated carbocycles. The van der Waals surface area contributed by atoms with Gasteiger partial charge in [0.2, 0.25) is 0 Å². The molecule has 0 amide bonds. The van der Waals surface area contributed by atoms with Gasteiger partial charge in [-0.2, -0.15) is 0 Å². The highest BCUT2D eigenvalue weighted by atomic mass is 15.2. The summed E-state index contributed by atoms with van der Waals surface area (Å²) < 4.78 is 0. The van der Waals surface area contributed by atoms with Crippen molar-refractivity contribution in [1.29, 1.82) is 0 Å². The summed E-state index contributed by atoms with van der Waals surface area (Å²) >= 11 is 0. The summed E-state index contributed by atoms with van der Waals surface area (Å²) in [4.78, 5) is 6.81. The third-order valence-electron chi connectivity index (χ3n) is 2.96. The molecule has 0 aliphatic carbocycles. The van der Waals surface area contributed by atoms with Gasteiger partial charge >= 0.3 is 0 Å². The first-order valence-corrected chi connectivity index (χ1v) is 5.62. The van der Waals surface area contributed by atoms with Crippen LogP contribution < -0.4 is 5.32 Å².